The molecule has 4 heteroatoms. The lowest BCUT2D eigenvalue weighted by Crippen LogP contribution is -2.25. The Hall–Kier alpha value is -0.740. The molecule has 0 saturated heterocycles. The third-order valence-corrected chi connectivity index (χ3v) is 5.43. The van der Waals surface area contributed by atoms with Gasteiger partial charge < -0.3 is 5.32 Å². The van der Waals surface area contributed by atoms with Crippen molar-refractivity contribution in [1.29, 1.82) is 0 Å². The van der Waals surface area contributed by atoms with Gasteiger partial charge in [0.2, 0.25) is 0 Å². The van der Waals surface area contributed by atoms with Gasteiger partial charge in [-0.25, -0.2) is 0 Å². The fourth-order valence-corrected chi connectivity index (χ4v) is 4.29. The maximum atomic E-state index is 4.48. The zero-order valence-electron chi connectivity index (χ0n) is 9.85. The summed E-state index contributed by atoms with van der Waals surface area (Å²) in [5.74, 6) is 0. The summed E-state index contributed by atoms with van der Waals surface area (Å²) in [5, 5.41) is 6.97. The van der Waals surface area contributed by atoms with Crippen molar-refractivity contribution in [3.8, 4) is 0 Å². The molecule has 2 atom stereocenters. The number of nitrogens with one attached hydrogen (secondary N) is 1. The van der Waals surface area contributed by atoms with Crippen LogP contribution in [0.4, 0.5) is 5.00 Å². The molecule has 1 fully saturated rings. The summed E-state index contributed by atoms with van der Waals surface area (Å²) in [5.41, 5.74) is 1.11. The molecular weight excluding hydrogens is 248 g/mol. The highest BCUT2D eigenvalue weighted by atomic mass is 32.2. The molecule has 2 nitrogen and oxygen atoms in total. The first-order valence-electron chi connectivity index (χ1n) is 6.02. The maximum Gasteiger partial charge on any atom is 0.117 e. The Kier molecular flexibility index (Phi) is 3.25. The lowest BCUT2D eigenvalue weighted by atomic mass is 10.2. The van der Waals surface area contributed by atoms with Gasteiger partial charge in [0.05, 0.1) is 5.52 Å². The van der Waals surface area contributed by atoms with Crippen molar-refractivity contribution in [1.82, 2.24) is 4.37 Å². The van der Waals surface area contributed by atoms with E-state index in [1.54, 1.807) is 11.5 Å². The number of anilines is 1. The quantitative estimate of drug-likeness (QED) is 0.907. The van der Waals surface area contributed by atoms with Gasteiger partial charge in [-0.05, 0) is 42.8 Å². The van der Waals surface area contributed by atoms with Crippen molar-refractivity contribution in [2.75, 3.05) is 11.6 Å². The van der Waals surface area contributed by atoms with E-state index in [-0.39, 0.29) is 0 Å². The molecule has 0 spiro atoms. The summed E-state index contributed by atoms with van der Waals surface area (Å²) in [7, 11) is 0. The SMILES string of the molecule is CSC1CCCC1Nc1snc2ccccc12. The van der Waals surface area contributed by atoms with Crippen LogP contribution < -0.4 is 5.32 Å². The third kappa shape index (κ3) is 2.16. The summed E-state index contributed by atoms with van der Waals surface area (Å²) >= 11 is 3.58. The summed E-state index contributed by atoms with van der Waals surface area (Å²) < 4.78 is 4.48. The molecular formula is C13H16N2S2. The number of benzene rings is 1. The minimum absolute atomic E-state index is 0.619. The fourth-order valence-electron chi connectivity index (χ4n) is 2.53. The molecule has 3 rings (SSSR count). The van der Waals surface area contributed by atoms with Gasteiger partial charge in [-0.2, -0.15) is 16.1 Å². The Bertz CT molecular complexity index is 509. The molecule has 1 aliphatic rings. The lowest BCUT2D eigenvalue weighted by Gasteiger charge is -2.19. The van der Waals surface area contributed by atoms with E-state index in [0.717, 1.165) is 10.8 Å². The van der Waals surface area contributed by atoms with Crippen molar-refractivity contribution >= 4 is 39.2 Å². The first kappa shape index (κ1) is 11.4. The highest BCUT2D eigenvalue weighted by Gasteiger charge is 2.27. The van der Waals surface area contributed by atoms with Gasteiger partial charge in [0.15, 0.2) is 0 Å². The number of aromatic nitrogens is 1. The number of rotatable bonds is 3. The molecule has 1 N–H and O–H groups in total. The zero-order chi connectivity index (χ0) is 11.7. The standard InChI is InChI=1S/C13H16N2S2/c1-16-12-8-4-7-11(12)14-13-9-5-2-3-6-10(9)15-17-13/h2-3,5-6,11-12,14H,4,7-8H2,1H3. The summed E-state index contributed by atoms with van der Waals surface area (Å²) in [6, 6.07) is 8.99. The smallest absolute Gasteiger partial charge is 0.117 e. The van der Waals surface area contributed by atoms with Crippen LogP contribution in [-0.2, 0) is 0 Å². The molecule has 0 aliphatic heterocycles. The van der Waals surface area contributed by atoms with Gasteiger partial charge >= 0.3 is 0 Å². The second-order valence-corrected chi connectivity index (χ2v) is 6.34. The number of fused-ring (bicyclic) bond motifs is 1. The summed E-state index contributed by atoms with van der Waals surface area (Å²) in [6.07, 6.45) is 6.20. The van der Waals surface area contributed by atoms with E-state index in [9.17, 15) is 0 Å². The molecule has 0 radical (unpaired) electrons. The van der Waals surface area contributed by atoms with E-state index in [2.05, 4.69) is 34.1 Å². The van der Waals surface area contributed by atoms with Gasteiger partial charge in [-0.3, -0.25) is 0 Å². The van der Waals surface area contributed by atoms with Crippen LogP contribution >= 0.6 is 23.3 Å². The van der Waals surface area contributed by atoms with Crippen molar-refractivity contribution in [3.05, 3.63) is 24.3 Å². The van der Waals surface area contributed by atoms with Gasteiger partial charge in [0.25, 0.3) is 0 Å². The molecule has 90 valence electrons. The first-order valence-corrected chi connectivity index (χ1v) is 8.08. The highest BCUT2D eigenvalue weighted by Crippen LogP contribution is 2.34. The van der Waals surface area contributed by atoms with Crippen molar-refractivity contribution < 1.29 is 0 Å². The van der Waals surface area contributed by atoms with E-state index < -0.39 is 0 Å². The normalized spacial score (nSPS) is 24.3. The van der Waals surface area contributed by atoms with Crippen LogP contribution in [0, 0.1) is 0 Å². The molecule has 2 aromatic rings. The third-order valence-electron chi connectivity index (χ3n) is 3.46. The predicted octanol–water partition coefficient (Wildman–Crippen LogP) is 3.99. The minimum atomic E-state index is 0.619. The van der Waals surface area contributed by atoms with Crippen LogP contribution in [-0.4, -0.2) is 21.9 Å². The van der Waals surface area contributed by atoms with E-state index >= 15 is 0 Å². The van der Waals surface area contributed by atoms with Crippen molar-refractivity contribution in [2.45, 2.75) is 30.6 Å². The zero-order valence-corrected chi connectivity index (χ0v) is 11.5. The van der Waals surface area contributed by atoms with Crippen LogP contribution in [0.15, 0.2) is 24.3 Å². The van der Waals surface area contributed by atoms with Gasteiger partial charge in [-0.1, -0.05) is 18.6 Å². The van der Waals surface area contributed by atoms with Crippen molar-refractivity contribution in [3.63, 3.8) is 0 Å². The Morgan fingerprint density at radius 3 is 3.12 bits per heavy atom. The Labute approximate surface area is 110 Å². The highest BCUT2D eigenvalue weighted by molar-refractivity contribution is 7.99. The van der Waals surface area contributed by atoms with Crippen LogP contribution in [0.25, 0.3) is 10.9 Å². The Balaban J connectivity index is 1.85. The first-order chi connectivity index (χ1) is 8.38. The molecule has 2 unspecified atom stereocenters. The molecule has 1 heterocycles. The van der Waals surface area contributed by atoms with Crippen LogP contribution in [0.1, 0.15) is 19.3 Å². The average Bonchev–Trinajstić information content (AvgIpc) is 2.97. The summed E-state index contributed by atoms with van der Waals surface area (Å²) in [6.45, 7) is 0. The molecule has 0 bridgehead atoms. The minimum Gasteiger partial charge on any atom is -0.371 e. The van der Waals surface area contributed by atoms with Crippen LogP contribution in [0.5, 0.6) is 0 Å². The molecule has 1 saturated carbocycles. The molecule has 1 aliphatic carbocycles. The predicted molar refractivity (Wildman–Crippen MR) is 78.2 cm³/mol. The van der Waals surface area contributed by atoms with Gasteiger partial charge in [0.1, 0.15) is 5.00 Å². The number of hydrogen-bond donors (Lipinski definition) is 1. The summed E-state index contributed by atoms with van der Waals surface area (Å²) in [4.78, 5) is 0. The topological polar surface area (TPSA) is 24.9 Å². The monoisotopic (exact) mass is 264 g/mol. The Morgan fingerprint density at radius 2 is 2.24 bits per heavy atom. The number of thioether (sulfide) groups is 1. The average molecular weight is 264 g/mol. The maximum absolute atomic E-state index is 4.48. The second kappa shape index (κ2) is 4.86. The van der Waals surface area contributed by atoms with Gasteiger partial charge in [-0.15, -0.1) is 0 Å². The van der Waals surface area contributed by atoms with Gasteiger partial charge in [0, 0.05) is 16.7 Å². The fraction of sp³-hybridized carbons (Fsp3) is 0.462. The molecule has 0 amide bonds. The molecule has 17 heavy (non-hydrogen) atoms. The van der Waals surface area contributed by atoms with Crippen LogP contribution in [0.2, 0.25) is 0 Å². The lowest BCUT2D eigenvalue weighted by molar-refractivity contribution is 0.772. The molecule has 1 aromatic carbocycles. The second-order valence-electron chi connectivity index (χ2n) is 4.48. The number of nitrogens with zero attached hydrogens (tertiary/aromatic N) is 1. The van der Waals surface area contributed by atoms with E-state index in [1.807, 2.05) is 17.8 Å². The van der Waals surface area contributed by atoms with Crippen LogP contribution in [0.3, 0.4) is 0 Å². The largest absolute Gasteiger partial charge is 0.371 e. The van der Waals surface area contributed by atoms with E-state index in [0.29, 0.717) is 6.04 Å². The Morgan fingerprint density at radius 1 is 1.35 bits per heavy atom. The molecule has 1 aromatic heterocycles. The van der Waals surface area contributed by atoms with E-state index in [4.69, 9.17) is 0 Å². The van der Waals surface area contributed by atoms with E-state index in [1.165, 1.54) is 29.6 Å². The van der Waals surface area contributed by atoms with Crippen molar-refractivity contribution in [2.24, 2.45) is 0 Å². The number of hydrogen-bond acceptors (Lipinski definition) is 4.